The summed E-state index contributed by atoms with van der Waals surface area (Å²) in [5.74, 6) is 1.90. The van der Waals surface area contributed by atoms with Crippen LogP contribution in [0.25, 0.3) is 0 Å². The monoisotopic (exact) mass is 432 g/mol. The first-order valence-corrected chi connectivity index (χ1v) is 11.9. The molecule has 3 aromatic rings. The molecule has 4 nitrogen and oxygen atoms in total. The predicted octanol–water partition coefficient (Wildman–Crippen LogP) is 4.89. The van der Waals surface area contributed by atoms with Gasteiger partial charge in [0.05, 0.1) is 12.0 Å². The number of ether oxygens (including phenoxy) is 1. The van der Waals surface area contributed by atoms with Gasteiger partial charge in [0.1, 0.15) is 5.75 Å². The fraction of sp³-hybridized carbons (Fsp3) is 0.346. The third kappa shape index (κ3) is 4.12. The number of likely N-dealkylation sites (tertiary alicyclic amines) is 2. The van der Waals surface area contributed by atoms with E-state index in [1.165, 1.54) is 22.5 Å². The van der Waals surface area contributed by atoms with Gasteiger partial charge in [0.2, 0.25) is 0 Å². The summed E-state index contributed by atoms with van der Waals surface area (Å²) in [6.07, 6.45) is 1.02. The first kappa shape index (κ1) is 20.3. The number of fused-ring (bicyclic) bond motifs is 1. The van der Waals surface area contributed by atoms with Gasteiger partial charge < -0.3 is 9.64 Å². The van der Waals surface area contributed by atoms with E-state index in [1.807, 2.05) is 23.6 Å². The van der Waals surface area contributed by atoms with E-state index in [2.05, 4.69) is 58.3 Å². The molecule has 2 aliphatic heterocycles. The molecule has 2 fully saturated rings. The van der Waals surface area contributed by atoms with Crippen LogP contribution in [0.15, 0.2) is 72.1 Å². The molecule has 0 saturated carbocycles. The van der Waals surface area contributed by atoms with Crippen molar-refractivity contribution in [2.24, 2.45) is 5.92 Å². The zero-order valence-electron chi connectivity index (χ0n) is 17.8. The molecule has 1 aromatic heterocycles. The Morgan fingerprint density at radius 2 is 1.94 bits per heavy atom. The minimum atomic E-state index is 0.180. The number of amides is 1. The Labute approximate surface area is 188 Å². The second-order valence-corrected chi connectivity index (χ2v) is 9.49. The number of rotatable bonds is 5. The molecule has 2 saturated heterocycles. The van der Waals surface area contributed by atoms with Crippen molar-refractivity contribution in [1.29, 1.82) is 0 Å². The van der Waals surface area contributed by atoms with Crippen LogP contribution < -0.4 is 4.74 Å². The van der Waals surface area contributed by atoms with E-state index >= 15 is 0 Å². The quantitative estimate of drug-likeness (QED) is 0.576. The molecule has 1 amide bonds. The van der Waals surface area contributed by atoms with E-state index in [1.54, 1.807) is 7.11 Å². The molecule has 160 valence electrons. The number of nitrogens with zero attached hydrogens (tertiary/aromatic N) is 2. The highest BCUT2D eigenvalue weighted by atomic mass is 32.1. The van der Waals surface area contributed by atoms with Gasteiger partial charge in [0.15, 0.2) is 0 Å². The predicted molar refractivity (Wildman–Crippen MR) is 125 cm³/mol. The van der Waals surface area contributed by atoms with Crippen molar-refractivity contribution in [3.63, 3.8) is 0 Å². The number of hydrogen-bond donors (Lipinski definition) is 0. The highest BCUT2D eigenvalue weighted by Crippen LogP contribution is 2.43. The molecule has 0 spiro atoms. The van der Waals surface area contributed by atoms with Crippen molar-refractivity contribution in [3.05, 3.63) is 88.1 Å². The number of thiophene rings is 1. The van der Waals surface area contributed by atoms with Crippen LogP contribution in [0.2, 0.25) is 0 Å². The van der Waals surface area contributed by atoms with E-state index in [0.717, 1.165) is 43.2 Å². The van der Waals surface area contributed by atoms with E-state index < -0.39 is 0 Å². The topological polar surface area (TPSA) is 32.8 Å². The lowest BCUT2D eigenvalue weighted by Crippen LogP contribution is -2.48. The SMILES string of the molecule is COc1cccc([C@H]2CN(Cc3ccccc3)[C@@H]3CCN(C(=O)c4cccs4)C[C@H]23)c1. The van der Waals surface area contributed by atoms with Crippen LogP contribution in [0.5, 0.6) is 5.75 Å². The Morgan fingerprint density at radius 1 is 1.06 bits per heavy atom. The van der Waals surface area contributed by atoms with Gasteiger partial charge in [-0.2, -0.15) is 0 Å². The van der Waals surface area contributed by atoms with Crippen molar-refractivity contribution < 1.29 is 9.53 Å². The summed E-state index contributed by atoms with van der Waals surface area (Å²) >= 11 is 1.54. The van der Waals surface area contributed by atoms with E-state index in [9.17, 15) is 4.79 Å². The fourth-order valence-electron chi connectivity index (χ4n) is 5.31. The van der Waals surface area contributed by atoms with Gasteiger partial charge in [-0.15, -0.1) is 11.3 Å². The van der Waals surface area contributed by atoms with Crippen LogP contribution in [0.3, 0.4) is 0 Å². The van der Waals surface area contributed by atoms with Crippen LogP contribution in [-0.2, 0) is 6.54 Å². The average molecular weight is 433 g/mol. The van der Waals surface area contributed by atoms with Crippen molar-refractivity contribution in [1.82, 2.24) is 9.80 Å². The normalized spacial score (nSPS) is 23.5. The Bertz CT molecular complexity index is 1020. The van der Waals surface area contributed by atoms with E-state index in [-0.39, 0.29) is 5.91 Å². The number of carbonyl (C=O) groups excluding carboxylic acids is 1. The minimum absolute atomic E-state index is 0.180. The standard InChI is InChI=1S/C26H28N2O2S/c1-30-21-10-5-9-20(15-21)22-17-28(16-19-7-3-2-4-8-19)24-12-13-27(18-23(22)24)26(29)25-11-6-14-31-25/h2-11,14-15,22-24H,12-13,16-18H2,1H3/t22-,23-,24-/m1/s1. The van der Waals surface area contributed by atoms with Gasteiger partial charge in [0, 0.05) is 44.1 Å². The zero-order chi connectivity index (χ0) is 21.2. The second kappa shape index (κ2) is 8.85. The van der Waals surface area contributed by atoms with Crippen LogP contribution in [0.4, 0.5) is 0 Å². The summed E-state index contributed by atoms with van der Waals surface area (Å²) < 4.78 is 5.50. The number of benzene rings is 2. The summed E-state index contributed by atoms with van der Waals surface area (Å²) in [4.78, 5) is 18.6. The summed E-state index contributed by atoms with van der Waals surface area (Å²) in [5, 5.41) is 1.98. The Morgan fingerprint density at radius 3 is 2.71 bits per heavy atom. The van der Waals surface area contributed by atoms with Crippen molar-refractivity contribution in [3.8, 4) is 5.75 Å². The maximum Gasteiger partial charge on any atom is 0.263 e. The molecule has 5 heteroatoms. The van der Waals surface area contributed by atoms with Crippen molar-refractivity contribution >= 4 is 17.2 Å². The average Bonchev–Trinajstić information content (AvgIpc) is 3.48. The highest BCUT2D eigenvalue weighted by molar-refractivity contribution is 7.12. The molecule has 2 aliphatic rings. The van der Waals surface area contributed by atoms with Crippen molar-refractivity contribution in [2.75, 3.05) is 26.7 Å². The molecule has 31 heavy (non-hydrogen) atoms. The summed E-state index contributed by atoms with van der Waals surface area (Å²) in [5.41, 5.74) is 2.67. The number of carbonyl (C=O) groups is 1. The molecular weight excluding hydrogens is 404 g/mol. The lowest BCUT2D eigenvalue weighted by molar-refractivity contribution is 0.0588. The van der Waals surface area contributed by atoms with Gasteiger partial charge in [-0.3, -0.25) is 9.69 Å². The molecule has 0 N–H and O–H groups in total. The zero-order valence-corrected chi connectivity index (χ0v) is 18.6. The Balaban J connectivity index is 1.42. The third-order valence-corrected chi connectivity index (χ3v) is 7.66. The van der Waals surface area contributed by atoms with E-state index in [4.69, 9.17) is 4.74 Å². The second-order valence-electron chi connectivity index (χ2n) is 8.55. The van der Waals surface area contributed by atoms with Gasteiger partial charge in [-0.05, 0) is 41.1 Å². The summed E-state index contributed by atoms with van der Waals surface area (Å²) in [6.45, 7) is 3.61. The Hall–Kier alpha value is -2.63. The molecule has 3 atom stereocenters. The van der Waals surface area contributed by atoms with Crippen LogP contribution in [0.1, 0.15) is 33.1 Å². The van der Waals surface area contributed by atoms with Crippen LogP contribution in [-0.4, -0.2) is 48.5 Å². The van der Waals surface area contributed by atoms with Crippen LogP contribution >= 0.6 is 11.3 Å². The smallest absolute Gasteiger partial charge is 0.263 e. The summed E-state index contributed by atoms with van der Waals surface area (Å²) in [6, 6.07) is 23.6. The number of piperidine rings is 1. The molecular formula is C26H28N2O2S. The molecule has 0 radical (unpaired) electrons. The molecule has 0 bridgehead atoms. The molecule has 0 unspecified atom stereocenters. The largest absolute Gasteiger partial charge is 0.497 e. The Kier molecular flexibility index (Phi) is 5.79. The highest BCUT2D eigenvalue weighted by Gasteiger charge is 2.46. The summed E-state index contributed by atoms with van der Waals surface area (Å²) in [7, 11) is 1.72. The third-order valence-electron chi connectivity index (χ3n) is 6.81. The molecule has 0 aliphatic carbocycles. The molecule has 2 aromatic carbocycles. The van der Waals surface area contributed by atoms with Gasteiger partial charge >= 0.3 is 0 Å². The first-order chi connectivity index (χ1) is 15.2. The lowest BCUT2D eigenvalue weighted by Gasteiger charge is -2.39. The molecule has 5 rings (SSSR count). The number of methoxy groups -OCH3 is 1. The fourth-order valence-corrected chi connectivity index (χ4v) is 6.00. The number of hydrogen-bond acceptors (Lipinski definition) is 4. The minimum Gasteiger partial charge on any atom is -0.497 e. The maximum atomic E-state index is 13.1. The van der Waals surface area contributed by atoms with E-state index in [0.29, 0.717) is 17.9 Å². The molecule has 3 heterocycles. The van der Waals surface area contributed by atoms with Crippen LogP contribution in [0, 0.1) is 5.92 Å². The van der Waals surface area contributed by atoms with Gasteiger partial charge in [-0.25, -0.2) is 0 Å². The lowest BCUT2D eigenvalue weighted by atomic mass is 9.81. The first-order valence-electron chi connectivity index (χ1n) is 11.0. The van der Waals surface area contributed by atoms with Crippen molar-refractivity contribution in [2.45, 2.75) is 24.9 Å². The maximum absolute atomic E-state index is 13.1. The van der Waals surface area contributed by atoms with Gasteiger partial charge in [-0.1, -0.05) is 48.5 Å². The van der Waals surface area contributed by atoms with Gasteiger partial charge in [0.25, 0.3) is 5.91 Å².